The largest absolute Gasteiger partial charge is 0.480 e. The fourth-order valence-electron chi connectivity index (χ4n) is 3.92. The van der Waals surface area contributed by atoms with Crippen LogP contribution in [0.4, 0.5) is 5.95 Å². The van der Waals surface area contributed by atoms with Crippen molar-refractivity contribution >= 4 is 28.7 Å². The average molecular weight is 406 g/mol. The standard InChI is InChI=1S/C20H22N8O2/c1-12(29)27-6-3-14(4-7-27)24-19-25-17-16(18(26-19)30-2)15(10-22-17)13-9-23-20-21-5-8-28(20)11-13/h5,8-11,14H,3-4,6-7H2,1-2H3,(H2,22,24,25,26). The molecule has 0 radical (unpaired) electrons. The Balaban J connectivity index is 1.45. The van der Waals surface area contributed by atoms with Gasteiger partial charge >= 0.3 is 0 Å². The van der Waals surface area contributed by atoms with Gasteiger partial charge in [0.1, 0.15) is 5.65 Å². The minimum atomic E-state index is 0.120. The van der Waals surface area contributed by atoms with Gasteiger partial charge in [0.25, 0.3) is 0 Å². The first-order valence-corrected chi connectivity index (χ1v) is 9.86. The minimum Gasteiger partial charge on any atom is -0.480 e. The molecule has 1 amide bonds. The van der Waals surface area contributed by atoms with Crippen LogP contribution in [-0.4, -0.2) is 66.4 Å². The third kappa shape index (κ3) is 3.19. The maximum absolute atomic E-state index is 11.5. The van der Waals surface area contributed by atoms with Gasteiger partial charge in [0.2, 0.25) is 23.5 Å². The predicted molar refractivity (Wildman–Crippen MR) is 111 cm³/mol. The lowest BCUT2D eigenvalue weighted by Gasteiger charge is -2.31. The van der Waals surface area contributed by atoms with Crippen molar-refractivity contribution in [2.24, 2.45) is 0 Å². The van der Waals surface area contributed by atoms with Crippen molar-refractivity contribution < 1.29 is 9.53 Å². The molecule has 4 aromatic rings. The van der Waals surface area contributed by atoms with E-state index >= 15 is 0 Å². The molecule has 0 unspecified atom stereocenters. The molecule has 0 aromatic carbocycles. The van der Waals surface area contributed by atoms with E-state index in [2.05, 4.69) is 30.2 Å². The van der Waals surface area contributed by atoms with E-state index in [1.54, 1.807) is 26.4 Å². The maximum Gasteiger partial charge on any atom is 0.233 e. The zero-order valence-corrected chi connectivity index (χ0v) is 16.8. The third-order valence-corrected chi connectivity index (χ3v) is 5.52. The van der Waals surface area contributed by atoms with E-state index in [1.165, 1.54) is 0 Å². The molecule has 5 heterocycles. The number of aromatic nitrogens is 6. The van der Waals surface area contributed by atoms with Crippen molar-refractivity contribution in [2.75, 3.05) is 25.5 Å². The van der Waals surface area contributed by atoms with Crippen molar-refractivity contribution in [1.82, 2.24) is 34.2 Å². The van der Waals surface area contributed by atoms with Gasteiger partial charge in [-0.25, -0.2) is 9.97 Å². The quantitative estimate of drug-likeness (QED) is 0.533. The zero-order valence-electron chi connectivity index (χ0n) is 16.8. The molecular formula is C20H22N8O2. The summed E-state index contributed by atoms with van der Waals surface area (Å²) in [6, 6.07) is 0.213. The Morgan fingerprint density at radius 2 is 2.10 bits per heavy atom. The number of nitrogens with one attached hydrogen (secondary N) is 2. The number of rotatable bonds is 4. The molecule has 1 saturated heterocycles. The number of ether oxygens (including phenoxy) is 1. The van der Waals surface area contributed by atoms with E-state index in [-0.39, 0.29) is 11.9 Å². The number of hydrogen-bond donors (Lipinski definition) is 2. The van der Waals surface area contributed by atoms with Gasteiger partial charge in [-0.15, -0.1) is 0 Å². The highest BCUT2D eigenvalue weighted by atomic mass is 16.5. The van der Waals surface area contributed by atoms with Crippen LogP contribution >= 0.6 is 0 Å². The molecule has 0 spiro atoms. The lowest BCUT2D eigenvalue weighted by atomic mass is 10.1. The van der Waals surface area contributed by atoms with E-state index in [4.69, 9.17) is 4.74 Å². The van der Waals surface area contributed by atoms with Gasteiger partial charge < -0.3 is 19.9 Å². The van der Waals surface area contributed by atoms with Crippen LogP contribution in [0.2, 0.25) is 0 Å². The first-order chi connectivity index (χ1) is 14.6. The number of fused-ring (bicyclic) bond motifs is 2. The molecule has 1 aliphatic rings. The van der Waals surface area contributed by atoms with Crippen LogP contribution in [-0.2, 0) is 4.79 Å². The summed E-state index contributed by atoms with van der Waals surface area (Å²) in [4.78, 5) is 34.4. The van der Waals surface area contributed by atoms with Crippen molar-refractivity contribution in [1.29, 1.82) is 0 Å². The number of piperidine rings is 1. The summed E-state index contributed by atoms with van der Waals surface area (Å²) in [5, 5.41) is 4.19. The number of imidazole rings is 1. The predicted octanol–water partition coefficient (Wildman–Crippen LogP) is 2.10. The monoisotopic (exact) mass is 406 g/mol. The second-order valence-corrected chi connectivity index (χ2v) is 7.38. The number of H-pyrrole nitrogens is 1. The number of hydrogen-bond acceptors (Lipinski definition) is 7. The topological polar surface area (TPSA) is 113 Å². The van der Waals surface area contributed by atoms with E-state index < -0.39 is 0 Å². The van der Waals surface area contributed by atoms with Crippen molar-refractivity contribution in [3.05, 3.63) is 31.0 Å². The Labute approximate surface area is 172 Å². The fraction of sp³-hybridized carbons (Fsp3) is 0.350. The number of amides is 1. The number of aromatic amines is 1. The van der Waals surface area contributed by atoms with Crippen LogP contribution in [0.15, 0.2) is 31.0 Å². The van der Waals surface area contributed by atoms with Crippen LogP contribution < -0.4 is 10.1 Å². The summed E-state index contributed by atoms with van der Waals surface area (Å²) in [7, 11) is 1.60. The van der Waals surface area contributed by atoms with E-state index in [0.717, 1.165) is 42.4 Å². The molecule has 154 valence electrons. The molecule has 2 N–H and O–H groups in total. The Morgan fingerprint density at radius 1 is 1.27 bits per heavy atom. The second kappa shape index (κ2) is 7.29. The SMILES string of the molecule is COc1nc(NC2CCN(C(C)=O)CC2)nc2[nH]cc(-c3cnc4nccn4c3)c12. The number of carbonyl (C=O) groups is 1. The van der Waals surface area contributed by atoms with Gasteiger partial charge in [-0.3, -0.25) is 9.20 Å². The highest BCUT2D eigenvalue weighted by Crippen LogP contribution is 2.34. The van der Waals surface area contributed by atoms with E-state index in [0.29, 0.717) is 23.3 Å². The molecule has 10 heteroatoms. The summed E-state index contributed by atoms with van der Waals surface area (Å²) in [5.41, 5.74) is 2.50. The molecule has 4 aromatic heterocycles. The molecule has 0 saturated carbocycles. The molecule has 30 heavy (non-hydrogen) atoms. The lowest BCUT2D eigenvalue weighted by Crippen LogP contribution is -2.41. The van der Waals surface area contributed by atoms with Crippen LogP contribution in [0.25, 0.3) is 27.9 Å². The smallest absolute Gasteiger partial charge is 0.233 e. The zero-order chi connectivity index (χ0) is 20.7. The minimum absolute atomic E-state index is 0.120. The van der Waals surface area contributed by atoms with Crippen molar-refractivity contribution in [3.63, 3.8) is 0 Å². The summed E-state index contributed by atoms with van der Waals surface area (Å²) >= 11 is 0. The Kier molecular flexibility index (Phi) is 4.46. The molecule has 0 aliphatic carbocycles. The molecule has 5 rings (SSSR count). The number of nitrogens with zero attached hydrogens (tertiary/aromatic N) is 6. The summed E-state index contributed by atoms with van der Waals surface area (Å²) in [6.07, 6.45) is 10.9. The number of methoxy groups -OCH3 is 1. The van der Waals surface area contributed by atoms with Gasteiger partial charge in [-0.05, 0) is 12.8 Å². The van der Waals surface area contributed by atoms with Crippen LogP contribution in [0.3, 0.4) is 0 Å². The van der Waals surface area contributed by atoms with Crippen LogP contribution in [0, 0.1) is 0 Å². The molecule has 1 fully saturated rings. The Morgan fingerprint density at radius 3 is 2.87 bits per heavy atom. The van der Waals surface area contributed by atoms with Gasteiger partial charge in [-0.1, -0.05) is 0 Å². The van der Waals surface area contributed by atoms with Gasteiger partial charge in [0.05, 0.1) is 12.5 Å². The molecule has 1 aliphatic heterocycles. The van der Waals surface area contributed by atoms with Gasteiger partial charge in [0.15, 0.2) is 0 Å². The molecular weight excluding hydrogens is 384 g/mol. The molecule has 10 nitrogen and oxygen atoms in total. The van der Waals surface area contributed by atoms with Crippen LogP contribution in [0.1, 0.15) is 19.8 Å². The number of anilines is 1. The maximum atomic E-state index is 11.5. The first kappa shape index (κ1) is 18.3. The average Bonchev–Trinajstić information content (AvgIpc) is 3.39. The summed E-state index contributed by atoms with van der Waals surface area (Å²) < 4.78 is 7.46. The summed E-state index contributed by atoms with van der Waals surface area (Å²) in [6.45, 7) is 3.09. The molecule has 0 bridgehead atoms. The fourth-order valence-corrected chi connectivity index (χ4v) is 3.92. The van der Waals surface area contributed by atoms with Gasteiger partial charge in [-0.2, -0.15) is 9.97 Å². The normalized spacial score (nSPS) is 15.1. The highest BCUT2D eigenvalue weighted by Gasteiger charge is 2.22. The number of likely N-dealkylation sites (tertiary alicyclic amines) is 1. The Hall–Kier alpha value is -3.69. The first-order valence-electron chi connectivity index (χ1n) is 9.86. The van der Waals surface area contributed by atoms with Crippen molar-refractivity contribution in [3.8, 4) is 17.0 Å². The summed E-state index contributed by atoms with van der Waals surface area (Å²) in [5.74, 6) is 1.77. The lowest BCUT2D eigenvalue weighted by molar-refractivity contribution is -0.129. The van der Waals surface area contributed by atoms with E-state index in [1.807, 2.05) is 27.9 Å². The van der Waals surface area contributed by atoms with Crippen LogP contribution in [0.5, 0.6) is 5.88 Å². The Bertz CT molecular complexity index is 1220. The molecule has 0 atom stereocenters. The van der Waals surface area contributed by atoms with E-state index in [9.17, 15) is 4.79 Å². The number of carbonyl (C=O) groups excluding carboxylic acids is 1. The van der Waals surface area contributed by atoms with Crippen molar-refractivity contribution in [2.45, 2.75) is 25.8 Å². The third-order valence-electron chi connectivity index (χ3n) is 5.52. The van der Waals surface area contributed by atoms with Gasteiger partial charge in [0, 0.05) is 68.2 Å². The highest BCUT2D eigenvalue weighted by molar-refractivity contribution is 5.97. The second-order valence-electron chi connectivity index (χ2n) is 7.38.